The molecule has 0 aliphatic carbocycles. The molecule has 0 saturated heterocycles. The molecule has 0 fully saturated rings. The molecule has 19 heavy (non-hydrogen) atoms. The molecule has 1 aromatic rings. The van der Waals surface area contributed by atoms with Crippen LogP contribution in [0.1, 0.15) is 56.8 Å². The van der Waals surface area contributed by atoms with Crippen molar-refractivity contribution in [2.75, 3.05) is 5.75 Å². The third kappa shape index (κ3) is 5.27. The number of ether oxygens (including phenoxy) is 1. The molecule has 0 atom stereocenters. The molecule has 0 bridgehead atoms. The predicted molar refractivity (Wildman–Crippen MR) is 81.9 cm³/mol. The van der Waals surface area contributed by atoms with Crippen molar-refractivity contribution >= 4 is 17.7 Å². The van der Waals surface area contributed by atoms with E-state index in [-0.39, 0.29) is 12.1 Å². The molecule has 1 rings (SSSR count). The zero-order valence-corrected chi connectivity index (χ0v) is 13.0. The average Bonchev–Trinajstić information content (AvgIpc) is 2.45. The minimum atomic E-state index is -0.187. The summed E-state index contributed by atoms with van der Waals surface area (Å²) in [6.45, 7) is 6.26. The Morgan fingerprint density at radius 3 is 2.53 bits per heavy atom. The Labute approximate surface area is 120 Å². The smallest absolute Gasteiger partial charge is 0.339 e. The van der Waals surface area contributed by atoms with Crippen LogP contribution in [0.3, 0.4) is 0 Å². The predicted octanol–water partition coefficient (Wildman–Crippen LogP) is 4.92. The van der Waals surface area contributed by atoms with Crippen molar-refractivity contribution in [3.05, 3.63) is 29.8 Å². The van der Waals surface area contributed by atoms with Crippen LogP contribution in [0.5, 0.6) is 0 Å². The number of esters is 1. The summed E-state index contributed by atoms with van der Waals surface area (Å²) in [7, 11) is 0. The van der Waals surface area contributed by atoms with Crippen LogP contribution >= 0.6 is 11.8 Å². The molecule has 0 saturated carbocycles. The molecule has 0 unspecified atom stereocenters. The fraction of sp³-hybridized carbons (Fsp3) is 0.562. The second-order valence-corrected chi connectivity index (χ2v) is 5.68. The molecule has 0 radical (unpaired) electrons. The lowest BCUT2D eigenvalue weighted by molar-refractivity contribution is 0.0280. The second kappa shape index (κ2) is 9.03. The van der Waals surface area contributed by atoms with Gasteiger partial charge in [0.2, 0.25) is 0 Å². The molecule has 106 valence electrons. The second-order valence-electron chi connectivity index (χ2n) is 4.54. The van der Waals surface area contributed by atoms with E-state index in [0.29, 0.717) is 5.56 Å². The number of carbonyl (C=O) groups excluding carboxylic acids is 1. The maximum Gasteiger partial charge on any atom is 0.339 e. The molecule has 0 aromatic heterocycles. The number of unbranched alkanes of at least 4 members (excludes halogenated alkanes) is 1. The van der Waals surface area contributed by atoms with E-state index in [1.807, 2.05) is 38.1 Å². The average molecular weight is 280 g/mol. The van der Waals surface area contributed by atoms with Gasteiger partial charge in [0, 0.05) is 4.90 Å². The van der Waals surface area contributed by atoms with Crippen molar-refractivity contribution in [2.45, 2.75) is 57.5 Å². The van der Waals surface area contributed by atoms with Crippen molar-refractivity contribution in [1.82, 2.24) is 0 Å². The first-order valence-electron chi connectivity index (χ1n) is 7.15. The number of thioether (sulfide) groups is 1. The molecule has 0 heterocycles. The van der Waals surface area contributed by atoms with Crippen molar-refractivity contribution < 1.29 is 9.53 Å². The largest absolute Gasteiger partial charge is 0.459 e. The first-order chi connectivity index (χ1) is 9.22. The van der Waals surface area contributed by atoms with Gasteiger partial charge >= 0.3 is 5.97 Å². The van der Waals surface area contributed by atoms with Gasteiger partial charge < -0.3 is 4.74 Å². The SMILES string of the molecule is CCCCSc1ccccc1C(=O)OC(CC)CC. The van der Waals surface area contributed by atoms with Crippen molar-refractivity contribution in [3.8, 4) is 0 Å². The Hall–Kier alpha value is -0.960. The van der Waals surface area contributed by atoms with Gasteiger partial charge in [-0.05, 0) is 37.1 Å². The van der Waals surface area contributed by atoms with Gasteiger partial charge in [-0.3, -0.25) is 0 Å². The van der Waals surface area contributed by atoms with Gasteiger partial charge in [0.05, 0.1) is 5.56 Å². The Morgan fingerprint density at radius 1 is 1.21 bits per heavy atom. The lowest BCUT2D eigenvalue weighted by atomic mass is 10.2. The molecule has 3 heteroatoms. The van der Waals surface area contributed by atoms with E-state index in [1.54, 1.807) is 11.8 Å². The van der Waals surface area contributed by atoms with Gasteiger partial charge in [-0.25, -0.2) is 4.79 Å². The van der Waals surface area contributed by atoms with Crippen LogP contribution in [0.15, 0.2) is 29.2 Å². The fourth-order valence-electron chi connectivity index (χ4n) is 1.76. The fourth-order valence-corrected chi connectivity index (χ4v) is 2.89. The highest BCUT2D eigenvalue weighted by atomic mass is 32.2. The van der Waals surface area contributed by atoms with E-state index < -0.39 is 0 Å². The Kier molecular flexibility index (Phi) is 7.65. The first-order valence-corrected chi connectivity index (χ1v) is 8.14. The molecule has 0 N–H and O–H groups in total. The summed E-state index contributed by atoms with van der Waals surface area (Å²) < 4.78 is 5.53. The van der Waals surface area contributed by atoms with Gasteiger partial charge in [0.1, 0.15) is 6.10 Å². The summed E-state index contributed by atoms with van der Waals surface area (Å²) >= 11 is 1.74. The van der Waals surface area contributed by atoms with Crippen LogP contribution in [-0.4, -0.2) is 17.8 Å². The van der Waals surface area contributed by atoms with Crippen LogP contribution in [0, 0.1) is 0 Å². The normalized spacial score (nSPS) is 10.7. The lowest BCUT2D eigenvalue weighted by Crippen LogP contribution is -2.17. The minimum Gasteiger partial charge on any atom is -0.459 e. The third-order valence-electron chi connectivity index (χ3n) is 3.05. The summed E-state index contributed by atoms with van der Waals surface area (Å²) in [4.78, 5) is 13.2. The zero-order valence-electron chi connectivity index (χ0n) is 12.1. The van der Waals surface area contributed by atoms with E-state index in [4.69, 9.17) is 4.74 Å². The summed E-state index contributed by atoms with van der Waals surface area (Å²) in [5.74, 6) is 0.861. The van der Waals surface area contributed by atoms with E-state index >= 15 is 0 Å². The highest BCUT2D eigenvalue weighted by Crippen LogP contribution is 2.25. The molecule has 1 aromatic carbocycles. The summed E-state index contributed by atoms with van der Waals surface area (Å²) in [5.41, 5.74) is 0.704. The number of benzene rings is 1. The molecule has 0 aliphatic heterocycles. The summed E-state index contributed by atoms with van der Waals surface area (Å²) in [5, 5.41) is 0. The summed E-state index contributed by atoms with van der Waals surface area (Å²) in [6.07, 6.45) is 4.11. The topological polar surface area (TPSA) is 26.3 Å². The van der Waals surface area contributed by atoms with Crippen LogP contribution in [-0.2, 0) is 4.74 Å². The Bertz CT molecular complexity index is 386. The molecule has 2 nitrogen and oxygen atoms in total. The van der Waals surface area contributed by atoms with Crippen molar-refractivity contribution in [3.63, 3.8) is 0 Å². The molecule has 0 spiro atoms. The van der Waals surface area contributed by atoms with Crippen LogP contribution < -0.4 is 0 Å². The highest BCUT2D eigenvalue weighted by Gasteiger charge is 2.16. The maximum absolute atomic E-state index is 12.2. The molecule has 0 aliphatic rings. The quantitative estimate of drug-likeness (QED) is 0.384. The van der Waals surface area contributed by atoms with Crippen LogP contribution in [0.2, 0.25) is 0 Å². The number of rotatable bonds is 8. The molecule has 0 amide bonds. The number of hydrogen-bond acceptors (Lipinski definition) is 3. The molecular weight excluding hydrogens is 256 g/mol. The van der Waals surface area contributed by atoms with E-state index in [2.05, 4.69) is 6.92 Å². The van der Waals surface area contributed by atoms with Crippen molar-refractivity contribution in [2.24, 2.45) is 0 Å². The monoisotopic (exact) mass is 280 g/mol. The van der Waals surface area contributed by atoms with Crippen LogP contribution in [0.4, 0.5) is 0 Å². The minimum absolute atomic E-state index is 0.0289. The lowest BCUT2D eigenvalue weighted by Gasteiger charge is -2.15. The van der Waals surface area contributed by atoms with E-state index in [0.717, 1.165) is 23.5 Å². The van der Waals surface area contributed by atoms with Gasteiger partial charge in [-0.2, -0.15) is 0 Å². The van der Waals surface area contributed by atoms with Crippen molar-refractivity contribution in [1.29, 1.82) is 0 Å². The first kappa shape index (κ1) is 16.1. The highest BCUT2D eigenvalue weighted by molar-refractivity contribution is 7.99. The third-order valence-corrected chi connectivity index (χ3v) is 4.21. The van der Waals surface area contributed by atoms with Gasteiger partial charge in [0.25, 0.3) is 0 Å². The van der Waals surface area contributed by atoms with Crippen LogP contribution in [0.25, 0.3) is 0 Å². The maximum atomic E-state index is 12.2. The Balaban J connectivity index is 2.72. The Morgan fingerprint density at radius 2 is 1.89 bits per heavy atom. The van der Waals surface area contributed by atoms with Gasteiger partial charge in [-0.15, -0.1) is 11.8 Å². The number of carbonyl (C=O) groups is 1. The zero-order chi connectivity index (χ0) is 14.1. The molecular formula is C16H24O2S. The standard InChI is InChI=1S/C16H24O2S/c1-4-7-12-19-15-11-9-8-10-14(15)16(17)18-13(5-2)6-3/h8-11,13H,4-7,12H2,1-3H3. The summed E-state index contributed by atoms with van der Waals surface area (Å²) in [6, 6.07) is 7.73. The van der Waals surface area contributed by atoms with Gasteiger partial charge in [-0.1, -0.05) is 39.3 Å². The van der Waals surface area contributed by atoms with E-state index in [9.17, 15) is 4.79 Å². The van der Waals surface area contributed by atoms with E-state index in [1.165, 1.54) is 12.8 Å². The number of hydrogen-bond donors (Lipinski definition) is 0. The van der Waals surface area contributed by atoms with Gasteiger partial charge in [0.15, 0.2) is 0 Å².